The fraction of sp³-hybridized carbons (Fsp3) is 0.478. The number of alkyl halides is 3. The van der Waals surface area contributed by atoms with Crippen LogP contribution >= 0.6 is 0 Å². The molecule has 0 unspecified atom stereocenters. The molecule has 2 aliphatic rings. The van der Waals surface area contributed by atoms with Crippen molar-refractivity contribution in [2.75, 3.05) is 42.6 Å². The van der Waals surface area contributed by atoms with Crippen molar-refractivity contribution in [2.45, 2.75) is 31.0 Å². The number of hydrogen-bond donors (Lipinski definition) is 1. The van der Waals surface area contributed by atoms with Crippen molar-refractivity contribution >= 4 is 11.9 Å². The van der Waals surface area contributed by atoms with Crippen molar-refractivity contribution in [1.82, 2.24) is 20.1 Å². The van der Waals surface area contributed by atoms with Crippen molar-refractivity contribution in [3.8, 4) is 5.75 Å². The summed E-state index contributed by atoms with van der Waals surface area (Å²) >= 11 is 0. The van der Waals surface area contributed by atoms with E-state index in [0.717, 1.165) is 12.1 Å². The largest absolute Gasteiger partial charge is 0.490 e. The van der Waals surface area contributed by atoms with Gasteiger partial charge in [0, 0.05) is 38.1 Å². The maximum Gasteiger partial charge on any atom is 0.471 e. The topological polar surface area (TPSA) is 106 Å². The van der Waals surface area contributed by atoms with E-state index in [-0.39, 0.29) is 17.4 Å². The molecule has 1 aromatic carbocycles. The first kappa shape index (κ1) is 25.1. The Bertz CT molecular complexity index is 1210. The predicted octanol–water partition coefficient (Wildman–Crippen LogP) is 3.38. The molecule has 2 aliphatic heterocycles. The summed E-state index contributed by atoms with van der Waals surface area (Å²) < 4.78 is 75.9. The second kappa shape index (κ2) is 10.1. The maximum atomic E-state index is 14.2. The van der Waals surface area contributed by atoms with Gasteiger partial charge in [0.2, 0.25) is 5.95 Å². The summed E-state index contributed by atoms with van der Waals surface area (Å²) in [6.07, 6.45) is -0.234. The fourth-order valence-electron chi connectivity index (χ4n) is 4.64. The zero-order valence-corrected chi connectivity index (χ0v) is 19.5. The van der Waals surface area contributed by atoms with Crippen LogP contribution in [0, 0.1) is 17.6 Å². The highest BCUT2D eigenvalue weighted by Gasteiger charge is 2.39. The van der Waals surface area contributed by atoms with Gasteiger partial charge in [0.15, 0.2) is 5.75 Å². The zero-order valence-electron chi connectivity index (χ0n) is 19.5. The molecule has 2 N–H and O–H groups in total. The number of ether oxygens (including phenoxy) is 1. The van der Waals surface area contributed by atoms with E-state index in [1.165, 1.54) is 18.5 Å². The first-order valence-corrected chi connectivity index (χ1v) is 11.7. The second-order valence-corrected chi connectivity index (χ2v) is 9.20. The molecule has 3 aromatic rings. The van der Waals surface area contributed by atoms with Gasteiger partial charge < -0.3 is 24.8 Å². The van der Waals surface area contributed by atoms with E-state index in [4.69, 9.17) is 10.5 Å². The molecule has 0 spiro atoms. The maximum absolute atomic E-state index is 14.2. The second-order valence-electron chi connectivity index (χ2n) is 9.20. The van der Waals surface area contributed by atoms with E-state index in [2.05, 4.69) is 24.6 Å². The first-order valence-electron chi connectivity index (χ1n) is 11.7. The van der Waals surface area contributed by atoms with E-state index >= 15 is 0 Å². The van der Waals surface area contributed by atoms with Crippen LogP contribution in [0.3, 0.4) is 0 Å². The lowest BCUT2D eigenvalue weighted by Crippen LogP contribution is -2.36. The van der Waals surface area contributed by atoms with Crippen molar-refractivity contribution in [1.29, 1.82) is 0 Å². The Morgan fingerprint density at radius 3 is 2.43 bits per heavy atom. The van der Waals surface area contributed by atoms with E-state index in [0.29, 0.717) is 57.3 Å². The molecule has 0 bridgehead atoms. The third-order valence-electron chi connectivity index (χ3n) is 6.66. The van der Waals surface area contributed by atoms with Crippen LogP contribution in [0.4, 0.5) is 33.8 Å². The minimum atomic E-state index is -4.67. The standard InChI is InChI=1S/C23H24F5N7O2/c24-14-1-2-18(25)16(7-14)17-10-35(11-19(17)29)21-30-8-15(9-31-21)36-12-13-3-5-34(6-4-13)22-32-20(37-33-22)23(26,27)28/h1-2,7-9,13,17,19H,3-6,10-12,29H2/t17-,19+/m1/s1. The Hall–Kier alpha value is -3.55. The van der Waals surface area contributed by atoms with Crippen molar-refractivity contribution in [2.24, 2.45) is 11.7 Å². The minimum absolute atomic E-state index is 0.0697. The first-order chi connectivity index (χ1) is 17.7. The van der Waals surface area contributed by atoms with Gasteiger partial charge in [-0.25, -0.2) is 18.7 Å². The van der Waals surface area contributed by atoms with E-state index in [9.17, 15) is 22.0 Å². The van der Waals surface area contributed by atoms with Crippen LogP contribution in [0.15, 0.2) is 35.1 Å². The van der Waals surface area contributed by atoms with E-state index in [1.807, 2.05) is 4.90 Å². The average molecular weight is 525 g/mol. The Kier molecular flexibility index (Phi) is 6.84. The molecule has 14 heteroatoms. The smallest absolute Gasteiger partial charge is 0.471 e. The monoisotopic (exact) mass is 525 g/mol. The van der Waals surface area contributed by atoms with E-state index in [1.54, 1.807) is 4.90 Å². The molecule has 9 nitrogen and oxygen atoms in total. The van der Waals surface area contributed by atoms with Crippen molar-refractivity contribution < 1.29 is 31.2 Å². The molecule has 2 saturated heterocycles. The lowest BCUT2D eigenvalue weighted by molar-refractivity contribution is -0.159. The van der Waals surface area contributed by atoms with Gasteiger partial charge in [-0.3, -0.25) is 0 Å². The highest BCUT2D eigenvalue weighted by Crippen LogP contribution is 2.32. The Balaban J connectivity index is 1.11. The molecule has 198 valence electrons. The molecule has 2 fully saturated rings. The third kappa shape index (κ3) is 5.58. The Labute approximate surface area is 208 Å². The number of nitrogens with zero attached hydrogens (tertiary/aromatic N) is 6. The third-order valence-corrected chi connectivity index (χ3v) is 6.66. The quantitative estimate of drug-likeness (QED) is 0.485. The molecular formula is C23H24F5N7O2. The van der Waals surface area contributed by atoms with Gasteiger partial charge in [0.25, 0.3) is 5.95 Å². The minimum Gasteiger partial charge on any atom is -0.490 e. The summed E-state index contributed by atoms with van der Waals surface area (Å²) in [5.41, 5.74) is 6.44. The molecule has 4 heterocycles. The van der Waals surface area contributed by atoms with Crippen LogP contribution in [-0.2, 0) is 6.18 Å². The van der Waals surface area contributed by atoms with Gasteiger partial charge in [-0.05, 0) is 47.7 Å². The van der Waals surface area contributed by atoms with Crippen LogP contribution in [-0.4, -0.2) is 58.9 Å². The van der Waals surface area contributed by atoms with E-state index < -0.39 is 35.7 Å². The number of benzene rings is 1. The molecule has 0 radical (unpaired) electrons. The summed E-state index contributed by atoms with van der Waals surface area (Å²) in [5.74, 6) is -1.77. The Morgan fingerprint density at radius 2 is 1.76 bits per heavy atom. The molecule has 0 aliphatic carbocycles. The number of halogens is 5. The molecule has 0 saturated carbocycles. The molecule has 0 amide bonds. The lowest BCUT2D eigenvalue weighted by Gasteiger charge is -2.30. The van der Waals surface area contributed by atoms with Gasteiger partial charge >= 0.3 is 12.1 Å². The van der Waals surface area contributed by atoms with Gasteiger partial charge in [-0.15, -0.1) is 0 Å². The molecule has 2 atom stereocenters. The normalized spacial score (nSPS) is 21.0. The van der Waals surface area contributed by atoms with Gasteiger partial charge in [0.05, 0.1) is 19.0 Å². The van der Waals surface area contributed by atoms with Crippen LogP contribution < -0.4 is 20.3 Å². The number of nitrogens with two attached hydrogens (primary N) is 1. The summed E-state index contributed by atoms with van der Waals surface area (Å²) in [6.45, 7) is 2.09. The highest BCUT2D eigenvalue weighted by atomic mass is 19.4. The molecular weight excluding hydrogens is 501 g/mol. The Morgan fingerprint density at radius 1 is 1.03 bits per heavy atom. The molecule has 5 rings (SSSR count). The van der Waals surface area contributed by atoms with Crippen LogP contribution in [0.2, 0.25) is 0 Å². The predicted molar refractivity (Wildman–Crippen MR) is 121 cm³/mol. The molecule has 2 aromatic heterocycles. The number of aromatic nitrogens is 4. The number of piperidine rings is 1. The summed E-state index contributed by atoms with van der Waals surface area (Å²) in [4.78, 5) is 15.6. The zero-order chi connectivity index (χ0) is 26.2. The van der Waals surface area contributed by atoms with Crippen LogP contribution in [0.5, 0.6) is 5.75 Å². The SMILES string of the molecule is N[C@H]1CN(c2ncc(OCC3CCN(c4noc(C(F)(F)F)n4)CC3)cn2)C[C@@H]1c1cc(F)ccc1F. The number of hydrogen-bond acceptors (Lipinski definition) is 9. The fourth-order valence-corrected chi connectivity index (χ4v) is 4.64. The van der Waals surface area contributed by atoms with Gasteiger partial charge in [-0.2, -0.15) is 18.2 Å². The summed E-state index contributed by atoms with van der Waals surface area (Å²) in [6, 6.07) is 2.94. The lowest BCUT2D eigenvalue weighted by atomic mass is 9.94. The van der Waals surface area contributed by atoms with Gasteiger partial charge in [-0.1, -0.05) is 0 Å². The molecule has 37 heavy (non-hydrogen) atoms. The summed E-state index contributed by atoms with van der Waals surface area (Å²) in [5, 5.41) is 3.43. The highest BCUT2D eigenvalue weighted by molar-refractivity contribution is 5.39. The van der Waals surface area contributed by atoms with Crippen LogP contribution in [0.1, 0.15) is 30.2 Å². The number of rotatable bonds is 6. The van der Waals surface area contributed by atoms with Gasteiger partial charge in [0.1, 0.15) is 11.6 Å². The summed E-state index contributed by atoms with van der Waals surface area (Å²) in [7, 11) is 0. The van der Waals surface area contributed by atoms with Crippen molar-refractivity contribution in [3.63, 3.8) is 0 Å². The van der Waals surface area contributed by atoms with Crippen LogP contribution in [0.25, 0.3) is 0 Å². The average Bonchev–Trinajstić information content (AvgIpc) is 3.53. The number of anilines is 2. The van der Waals surface area contributed by atoms with Crippen molar-refractivity contribution in [3.05, 3.63) is 53.7 Å².